The van der Waals surface area contributed by atoms with E-state index in [0.29, 0.717) is 11.9 Å². The topological polar surface area (TPSA) is 20.3 Å². The highest BCUT2D eigenvalue weighted by Gasteiger charge is 2.47. The van der Waals surface area contributed by atoms with Gasteiger partial charge in [0.25, 0.3) is 0 Å². The molecule has 2 rings (SSSR count). The molecule has 1 saturated carbocycles. The molecular formula is C13H23NO. The summed E-state index contributed by atoms with van der Waals surface area (Å²) in [4.78, 5) is 14.1. The molecule has 1 saturated heterocycles. The number of amides is 1. The Morgan fingerprint density at radius 1 is 1.20 bits per heavy atom. The van der Waals surface area contributed by atoms with Gasteiger partial charge >= 0.3 is 0 Å². The first-order chi connectivity index (χ1) is 7.00. The Morgan fingerprint density at radius 3 is 2.27 bits per heavy atom. The fraction of sp³-hybridized carbons (Fsp3) is 0.923. The van der Waals surface area contributed by atoms with Gasteiger partial charge in [-0.25, -0.2) is 0 Å². The quantitative estimate of drug-likeness (QED) is 0.684. The Kier molecular flexibility index (Phi) is 2.78. The summed E-state index contributed by atoms with van der Waals surface area (Å²) < 4.78 is 0. The minimum Gasteiger partial charge on any atom is -0.339 e. The van der Waals surface area contributed by atoms with Crippen LogP contribution in [-0.2, 0) is 4.79 Å². The van der Waals surface area contributed by atoms with Crippen molar-refractivity contribution in [1.82, 2.24) is 4.90 Å². The summed E-state index contributed by atoms with van der Waals surface area (Å²) in [5.41, 5.74) is 0. The van der Waals surface area contributed by atoms with E-state index >= 15 is 0 Å². The molecule has 3 unspecified atom stereocenters. The van der Waals surface area contributed by atoms with Crippen molar-refractivity contribution in [2.75, 3.05) is 6.54 Å². The Bertz CT molecular complexity index is 259. The molecule has 86 valence electrons. The smallest absolute Gasteiger partial charge is 0.225 e. The first-order valence-electron chi connectivity index (χ1n) is 6.31. The van der Waals surface area contributed by atoms with Gasteiger partial charge in [0.15, 0.2) is 0 Å². The molecule has 1 aliphatic carbocycles. The summed E-state index contributed by atoms with van der Waals surface area (Å²) in [6, 6.07) is 0.567. The Labute approximate surface area is 93.0 Å². The van der Waals surface area contributed by atoms with E-state index in [9.17, 15) is 4.79 Å². The summed E-state index contributed by atoms with van der Waals surface area (Å²) in [7, 11) is 0. The predicted octanol–water partition coefficient (Wildman–Crippen LogP) is 2.54. The summed E-state index contributed by atoms with van der Waals surface area (Å²) in [5, 5.41) is 0. The van der Waals surface area contributed by atoms with Crippen LogP contribution in [0.4, 0.5) is 0 Å². The van der Waals surface area contributed by atoms with Crippen molar-refractivity contribution >= 4 is 5.91 Å². The fourth-order valence-electron chi connectivity index (χ4n) is 3.41. The monoisotopic (exact) mass is 209 g/mol. The number of piperidine rings is 1. The average Bonchev–Trinajstić information content (AvgIpc) is 2.74. The molecule has 0 spiro atoms. The number of hydrogen-bond donors (Lipinski definition) is 0. The van der Waals surface area contributed by atoms with Gasteiger partial charge in [-0.3, -0.25) is 4.79 Å². The molecule has 2 nitrogen and oxygen atoms in total. The maximum Gasteiger partial charge on any atom is 0.225 e. The molecule has 0 N–H and O–H groups in total. The lowest BCUT2D eigenvalue weighted by atomic mass is 9.84. The van der Waals surface area contributed by atoms with Crippen molar-refractivity contribution in [2.45, 2.75) is 46.6 Å². The molecule has 0 aromatic heterocycles. The van der Waals surface area contributed by atoms with Gasteiger partial charge in [-0.15, -0.1) is 0 Å². The lowest BCUT2D eigenvalue weighted by Crippen LogP contribution is -2.42. The molecule has 1 heterocycles. The summed E-state index contributed by atoms with van der Waals surface area (Å²) in [5.74, 6) is 2.98. The van der Waals surface area contributed by atoms with Gasteiger partial charge < -0.3 is 4.90 Å². The van der Waals surface area contributed by atoms with Gasteiger partial charge in [0, 0.05) is 18.5 Å². The number of carbonyl (C=O) groups is 1. The highest BCUT2D eigenvalue weighted by Crippen LogP contribution is 2.45. The number of carbonyl (C=O) groups excluding carboxylic acids is 1. The van der Waals surface area contributed by atoms with E-state index < -0.39 is 0 Å². The number of rotatable bonds is 2. The van der Waals surface area contributed by atoms with Crippen LogP contribution in [0.15, 0.2) is 0 Å². The highest BCUT2D eigenvalue weighted by molar-refractivity contribution is 5.79. The van der Waals surface area contributed by atoms with Crippen LogP contribution in [0.5, 0.6) is 0 Å². The third kappa shape index (κ3) is 1.79. The summed E-state index contributed by atoms with van der Waals surface area (Å²) >= 11 is 0. The molecule has 0 aromatic carbocycles. The van der Waals surface area contributed by atoms with Crippen molar-refractivity contribution < 1.29 is 4.79 Å². The third-order valence-electron chi connectivity index (χ3n) is 4.23. The van der Waals surface area contributed by atoms with E-state index in [1.165, 1.54) is 12.8 Å². The molecule has 2 aliphatic rings. The lowest BCUT2D eigenvalue weighted by molar-refractivity contribution is -0.136. The first-order valence-corrected chi connectivity index (χ1v) is 6.31. The van der Waals surface area contributed by atoms with Gasteiger partial charge in [-0.05, 0) is 30.6 Å². The van der Waals surface area contributed by atoms with Crippen LogP contribution in [0.1, 0.15) is 40.5 Å². The summed E-state index contributed by atoms with van der Waals surface area (Å²) in [6.45, 7) is 9.69. The van der Waals surface area contributed by atoms with Crippen LogP contribution < -0.4 is 0 Å². The van der Waals surface area contributed by atoms with Crippen LogP contribution in [0, 0.1) is 23.7 Å². The van der Waals surface area contributed by atoms with E-state index in [4.69, 9.17) is 0 Å². The van der Waals surface area contributed by atoms with Crippen molar-refractivity contribution in [1.29, 1.82) is 0 Å². The minimum absolute atomic E-state index is 0.168. The van der Waals surface area contributed by atoms with E-state index in [-0.39, 0.29) is 5.92 Å². The van der Waals surface area contributed by atoms with E-state index in [1.807, 2.05) is 13.8 Å². The van der Waals surface area contributed by atoms with Crippen LogP contribution in [0.25, 0.3) is 0 Å². The molecule has 2 heteroatoms. The predicted molar refractivity (Wildman–Crippen MR) is 61.4 cm³/mol. The molecule has 1 aliphatic heterocycles. The normalized spacial score (nSPS) is 34.5. The molecule has 3 atom stereocenters. The highest BCUT2D eigenvalue weighted by atomic mass is 16.2. The molecule has 15 heavy (non-hydrogen) atoms. The minimum atomic E-state index is 0.168. The third-order valence-corrected chi connectivity index (χ3v) is 4.23. The van der Waals surface area contributed by atoms with Gasteiger partial charge in [0.1, 0.15) is 0 Å². The number of nitrogens with zero attached hydrogens (tertiary/aromatic N) is 1. The maximum absolute atomic E-state index is 11.9. The molecule has 2 bridgehead atoms. The van der Waals surface area contributed by atoms with Crippen molar-refractivity contribution in [3.05, 3.63) is 0 Å². The first kappa shape index (κ1) is 11.0. The van der Waals surface area contributed by atoms with E-state index in [2.05, 4.69) is 18.7 Å². The van der Waals surface area contributed by atoms with Crippen LogP contribution in [-0.4, -0.2) is 23.4 Å². The number of likely N-dealkylation sites (tertiary alicyclic amines) is 1. The van der Waals surface area contributed by atoms with Gasteiger partial charge in [-0.1, -0.05) is 27.7 Å². The van der Waals surface area contributed by atoms with E-state index in [1.54, 1.807) is 0 Å². The zero-order chi connectivity index (χ0) is 11.2. The van der Waals surface area contributed by atoms with Crippen LogP contribution in [0.3, 0.4) is 0 Å². The van der Waals surface area contributed by atoms with Gasteiger partial charge in [0.2, 0.25) is 5.91 Å². The standard InChI is InChI=1S/C13H23NO/c1-8(2)12-6-11-5-10(12)7-14(11)13(15)9(3)4/h8-12H,5-7H2,1-4H3. The largest absolute Gasteiger partial charge is 0.339 e. The SMILES string of the molecule is CC(C)C(=O)N1CC2CC1CC2C(C)C. The number of hydrogen-bond acceptors (Lipinski definition) is 1. The Balaban J connectivity index is 2.00. The van der Waals surface area contributed by atoms with Crippen molar-refractivity contribution in [3.63, 3.8) is 0 Å². The number of fused-ring (bicyclic) bond motifs is 2. The van der Waals surface area contributed by atoms with Gasteiger partial charge in [0.05, 0.1) is 0 Å². The second-order valence-electron chi connectivity index (χ2n) is 5.94. The zero-order valence-electron chi connectivity index (χ0n) is 10.4. The van der Waals surface area contributed by atoms with Crippen LogP contribution in [0.2, 0.25) is 0 Å². The molecule has 1 amide bonds. The van der Waals surface area contributed by atoms with Gasteiger partial charge in [-0.2, -0.15) is 0 Å². The molecule has 0 radical (unpaired) electrons. The van der Waals surface area contributed by atoms with Crippen LogP contribution >= 0.6 is 0 Å². The molecule has 0 aromatic rings. The van der Waals surface area contributed by atoms with Crippen molar-refractivity contribution in [3.8, 4) is 0 Å². The Hall–Kier alpha value is -0.530. The second kappa shape index (κ2) is 3.80. The lowest BCUT2D eigenvalue weighted by Gasteiger charge is -2.34. The average molecular weight is 209 g/mol. The zero-order valence-corrected chi connectivity index (χ0v) is 10.4. The van der Waals surface area contributed by atoms with E-state index in [0.717, 1.165) is 24.3 Å². The van der Waals surface area contributed by atoms with Crippen molar-refractivity contribution in [2.24, 2.45) is 23.7 Å². The maximum atomic E-state index is 11.9. The fourth-order valence-corrected chi connectivity index (χ4v) is 3.41. The summed E-state index contributed by atoms with van der Waals surface area (Å²) in [6.07, 6.45) is 2.52. The second-order valence-corrected chi connectivity index (χ2v) is 5.94. The molecular weight excluding hydrogens is 186 g/mol. The molecule has 2 fully saturated rings. The Morgan fingerprint density at radius 2 is 1.87 bits per heavy atom.